The number of likely N-dealkylation sites (tertiary alicyclic amines) is 1. The number of carbonyl (C=O) groups excluding carboxylic acids is 3. The summed E-state index contributed by atoms with van der Waals surface area (Å²) in [7, 11) is 0. The molecule has 3 fully saturated rings. The predicted molar refractivity (Wildman–Crippen MR) is 175 cm³/mol. The fourth-order valence-electron chi connectivity index (χ4n) is 7.47. The molecule has 13 heteroatoms. The fourth-order valence-corrected chi connectivity index (χ4v) is 7.47. The van der Waals surface area contributed by atoms with Crippen molar-refractivity contribution in [2.45, 2.75) is 75.5 Å². The Labute approximate surface area is 282 Å². The molecule has 0 bridgehead atoms. The molecule has 7 rings (SSSR count). The topological polar surface area (TPSA) is 118 Å². The van der Waals surface area contributed by atoms with Gasteiger partial charge in [-0.3, -0.25) is 24.6 Å². The van der Waals surface area contributed by atoms with Crippen LogP contribution in [0, 0.1) is 0 Å². The summed E-state index contributed by atoms with van der Waals surface area (Å²) in [4.78, 5) is 46.9. The van der Waals surface area contributed by atoms with Crippen LogP contribution in [0.25, 0.3) is 0 Å². The number of hydrogen-bond donors (Lipinski definition) is 3. The SMILES string of the molecule is O=C1CCC(N2Cc3cc(C4(O)CCN(Cc5ccc(N6CCC(Nc7cccc(C(F)(F)F)n7)CC6)cc5)CC4)ccc3C2=O)C(=O)N1. The molecular formula is C36H39F3N6O4. The lowest BCUT2D eigenvalue weighted by atomic mass is 9.83. The molecule has 3 saturated heterocycles. The van der Waals surface area contributed by atoms with Crippen molar-refractivity contribution in [1.82, 2.24) is 20.1 Å². The van der Waals surface area contributed by atoms with E-state index in [1.807, 2.05) is 12.1 Å². The van der Waals surface area contributed by atoms with Crippen molar-refractivity contribution in [2.75, 3.05) is 36.4 Å². The molecule has 0 spiro atoms. The van der Waals surface area contributed by atoms with Crippen LogP contribution < -0.4 is 15.5 Å². The number of rotatable bonds is 7. The lowest BCUT2D eigenvalue weighted by Crippen LogP contribution is -2.52. The average Bonchev–Trinajstić information content (AvgIpc) is 3.41. The second kappa shape index (κ2) is 13.1. The number of nitrogens with one attached hydrogen (secondary N) is 2. The summed E-state index contributed by atoms with van der Waals surface area (Å²) in [6, 6.07) is 17.2. The lowest BCUT2D eigenvalue weighted by molar-refractivity contribution is -0.141. The number of benzene rings is 2. The summed E-state index contributed by atoms with van der Waals surface area (Å²) >= 11 is 0. The quantitative estimate of drug-likeness (QED) is 0.315. The average molecular weight is 677 g/mol. The molecule has 1 unspecified atom stereocenters. The van der Waals surface area contributed by atoms with Crippen molar-refractivity contribution in [2.24, 2.45) is 0 Å². The molecular weight excluding hydrogens is 637 g/mol. The number of hydrogen-bond acceptors (Lipinski definition) is 8. The third kappa shape index (κ3) is 7.00. The van der Waals surface area contributed by atoms with Gasteiger partial charge < -0.3 is 20.2 Å². The Hall–Kier alpha value is -4.49. The predicted octanol–water partition coefficient (Wildman–Crippen LogP) is 4.43. The fraction of sp³-hybridized carbons (Fsp3) is 0.444. The van der Waals surface area contributed by atoms with E-state index in [0.717, 1.165) is 55.4 Å². The van der Waals surface area contributed by atoms with Crippen LogP contribution in [0.5, 0.6) is 0 Å². The summed E-state index contributed by atoms with van der Waals surface area (Å²) < 4.78 is 39.1. The van der Waals surface area contributed by atoms with Gasteiger partial charge in [-0.25, -0.2) is 4.98 Å². The first-order valence-electron chi connectivity index (χ1n) is 16.8. The molecule has 4 aliphatic rings. The Kier molecular flexibility index (Phi) is 8.82. The van der Waals surface area contributed by atoms with E-state index in [2.05, 4.69) is 49.7 Å². The molecule has 258 valence electrons. The molecule has 1 aromatic heterocycles. The number of aliphatic hydroxyl groups is 1. The zero-order chi connectivity index (χ0) is 34.3. The van der Waals surface area contributed by atoms with Crippen molar-refractivity contribution in [1.29, 1.82) is 0 Å². The van der Waals surface area contributed by atoms with E-state index in [-0.39, 0.29) is 36.6 Å². The number of carbonyl (C=O) groups is 3. The van der Waals surface area contributed by atoms with Crippen LogP contribution in [0.2, 0.25) is 0 Å². The third-order valence-electron chi connectivity index (χ3n) is 10.3. The van der Waals surface area contributed by atoms with Gasteiger partial charge in [-0.2, -0.15) is 13.2 Å². The molecule has 1 atom stereocenters. The number of nitrogens with zero attached hydrogens (tertiary/aromatic N) is 4. The molecule has 10 nitrogen and oxygen atoms in total. The maximum Gasteiger partial charge on any atom is 0.433 e. The van der Waals surface area contributed by atoms with Gasteiger partial charge in [0.05, 0.1) is 5.60 Å². The highest BCUT2D eigenvalue weighted by molar-refractivity contribution is 6.05. The summed E-state index contributed by atoms with van der Waals surface area (Å²) in [5.74, 6) is -0.739. The minimum absolute atomic E-state index is 0.0519. The zero-order valence-electron chi connectivity index (χ0n) is 27.0. The minimum Gasteiger partial charge on any atom is -0.385 e. The molecule has 0 aliphatic carbocycles. The first-order valence-corrected chi connectivity index (χ1v) is 16.8. The molecule has 0 saturated carbocycles. The number of imide groups is 1. The molecule has 49 heavy (non-hydrogen) atoms. The maximum atomic E-state index is 13.1. The van der Waals surface area contributed by atoms with Crippen molar-refractivity contribution in [3.8, 4) is 0 Å². The standard InChI is InChI=1S/C36H39F3N6O4/c37-36(38,39)30-2-1-3-31(41-30)40-26-12-16-44(17-13-26)27-7-4-23(5-8-27)21-43-18-14-35(49,15-19-43)25-6-9-28-24(20-25)22-45(34(28)48)29-10-11-32(46)42-33(29)47/h1-9,20,26,29,49H,10-19,21-22H2,(H,40,41)(H,42,46,47). The van der Waals surface area contributed by atoms with Crippen LogP contribution in [-0.4, -0.2) is 75.9 Å². The van der Waals surface area contributed by atoms with E-state index in [0.29, 0.717) is 37.9 Å². The van der Waals surface area contributed by atoms with Gasteiger partial charge in [0, 0.05) is 63.0 Å². The molecule has 2 aromatic carbocycles. The highest BCUT2D eigenvalue weighted by Crippen LogP contribution is 2.37. The Morgan fingerprint density at radius 1 is 0.939 bits per heavy atom. The number of alkyl halides is 3. The molecule has 3 N–H and O–H groups in total. The Balaban J connectivity index is 0.893. The van der Waals surface area contributed by atoms with Gasteiger partial charge in [-0.05, 0) is 79.1 Å². The highest BCUT2D eigenvalue weighted by Gasteiger charge is 2.41. The van der Waals surface area contributed by atoms with Gasteiger partial charge in [0.25, 0.3) is 5.91 Å². The van der Waals surface area contributed by atoms with Gasteiger partial charge in [0.2, 0.25) is 11.8 Å². The molecule has 0 radical (unpaired) electrons. The maximum absolute atomic E-state index is 13.1. The van der Waals surface area contributed by atoms with Crippen LogP contribution in [-0.2, 0) is 34.5 Å². The number of piperidine rings is 3. The summed E-state index contributed by atoms with van der Waals surface area (Å²) in [5.41, 5.74) is 2.47. The van der Waals surface area contributed by atoms with Crippen LogP contribution in [0.15, 0.2) is 60.7 Å². The monoisotopic (exact) mass is 676 g/mol. The number of aromatic nitrogens is 1. The van der Waals surface area contributed by atoms with Crippen LogP contribution in [0.1, 0.15) is 71.3 Å². The molecule has 4 aliphatic heterocycles. The van der Waals surface area contributed by atoms with Gasteiger partial charge >= 0.3 is 6.18 Å². The normalized spacial score (nSPS) is 21.9. The van der Waals surface area contributed by atoms with Crippen LogP contribution in [0.3, 0.4) is 0 Å². The minimum atomic E-state index is -4.47. The largest absolute Gasteiger partial charge is 0.433 e. The van der Waals surface area contributed by atoms with Crippen LogP contribution in [0.4, 0.5) is 24.7 Å². The van der Waals surface area contributed by atoms with E-state index < -0.39 is 29.4 Å². The van der Waals surface area contributed by atoms with Crippen molar-refractivity contribution in [3.05, 3.63) is 88.6 Å². The van der Waals surface area contributed by atoms with E-state index >= 15 is 0 Å². The summed E-state index contributed by atoms with van der Waals surface area (Å²) in [5, 5.41) is 17.1. The molecule has 5 heterocycles. The Morgan fingerprint density at radius 2 is 1.67 bits per heavy atom. The van der Waals surface area contributed by atoms with Gasteiger partial charge in [0.1, 0.15) is 17.6 Å². The van der Waals surface area contributed by atoms with E-state index in [9.17, 15) is 32.7 Å². The number of anilines is 2. The molecule has 3 amide bonds. The number of halogens is 3. The second-order valence-electron chi connectivity index (χ2n) is 13.6. The van der Waals surface area contributed by atoms with E-state index in [1.165, 1.54) is 16.5 Å². The van der Waals surface area contributed by atoms with Crippen molar-refractivity contribution < 1.29 is 32.7 Å². The smallest absolute Gasteiger partial charge is 0.385 e. The third-order valence-corrected chi connectivity index (χ3v) is 10.3. The van der Waals surface area contributed by atoms with Crippen LogP contribution >= 0.6 is 0 Å². The number of pyridine rings is 1. The first kappa shape index (κ1) is 33.0. The second-order valence-corrected chi connectivity index (χ2v) is 13.6. The van der Waals surface area contributed by atoms with Crippen molar-refractivity contribution >= 4 is 29.2 Å². The van der Waals surface area contributed by atoms with Gasteiger partial charge in [-0.15, -0.1) is 0 Å². The lowest BCUT2D eigenvalue weighted by Gasteiger charge is -2.39. The van der Waals surface area contributed by atoms with Gasteiger partial charge in [0.15, 0.2) is 0 Å². The number of fused-ring (bicyclic) bond motifs is 1. The van der Waals surface area contributed by atoms with E-state index in [4.69, 9.17) is 0 Å². The Bertz CT molecular complexity index is 1730. The summed E-state index contributed by atoms with van der Waals surface area (Å²) in [6.07, 6.45) is -1.28. The first-order chi connectivity index (χ1) is 23.4. The highest BCUT2D eigenvalue weighted by atomic mass is 19.4. The Morgan fingerprint density at radius 3 is 2.37 bits per heavy atom. The summed E-state index contributed by atoms with van der Waals surface area (Å²) in [6.45, 7) is 4.01. The van der Waals surface area contributed by atoms with Crippen molar-refractivity contribution in [3.63, 3.8) is 0 Å². The van der Waals surface area contributed by atoms with E-state index in [1.54, 1.807) is 12.1 Å². The van der Waals surface area contributed by atoms with Gasteiger partial charge in [-0.1, -0.05) is 30.3 Å². The molecule has 3 aromatic rings. The zero-order valence-corrected chi connectivity index (χ0v) is 27.0. The number of amides is 3.